The zero-order valence-electron chi connectivity index (χ0n) is 16.5. The third-order valence-electron chi connectivity index (χ3n) is 4.20. The largest absolute Gasteiger partial charge is 0.356 e. The maximum atomic E-state index is 12.3. The van der Waals surface area contributed by atoms with E-state index in [0.717, 1.165) is 41.6 Å². The van der Waals surface area contributed by atoms with Crippen LogP contribution in [0.25, 0.3) is 0 Å². The Morgan fingerprint density at radius 2 is 2.15 bits per heavy atom. The Bertz CT molecular complexity index is 771. The SMILES string of the molecule is CCC(C)NC(=O)c1cccc(CNC(=NC)NCCc2csc(C)n2)c1. The van der Waals surface area contributed by atoms with E-state index in [9.17, 15) is 4.79 Å². The minimum atomic E-state index is -0.0349. The van der Waals surface area contributed by atoms with Gasteiger partial charge in [0.2, 0.25) is 0 Å². The number of rotatable bonds is 8. The summed E-state index contributed by atoms with van der Waals surface area (Å²) in [6.07, 6.45) is 1.77. The summed E-state index contributed by atoms with van der Waals surface area (Å²) in [4.78, 5) is 21.0. The fraction of sp³-hybridized carbons (Fsp3) is 0.450. The lowest BCUT2D eigenvalue weighted by molar-refractivity contribution is 0.0939. The number of nitrogens with zero attached hydrogens (tertiary/aromatic N) is 2. The number of thiazole rings is 1. The molecule has 0 saturated carbocycles. The van der Waals surface area contributed by atoms with Crippen molar-refractivity contribution < 1.29 is 4.79 Å². The van der Waals surface area contributed by atoms with Gasteiger partial charge in [0.25, 0.3) is 5.91 Å². The Hall–Kier alpha value is -2.41. The van der Waals surface area contributed by atoms with Crippen LogP contribution < -0.4 is 16.0 Å². The van der Waals surface area contributed by atoms with Crippen molar-refractivity contribution in [3.8, 4) is 0 Å². The molecule has 0 aliphatic heterocycles. The molecule has 2 rings (SSSR count). The molecule has 7 heteroatoms. The van der Waals surface area contributed by atoms with Crippen LogP contribution in [0.2, 0.25) is 0 Å². The third-order valence-corrected chi connectivity index (χ3v) is 5.03. The molecule has 1 heterocycles. The quantitative estimate of drug-likeness (QED) is 0.481. The van der Waals surface area contributed by atoms with Crippen molar-refractivity contribution in [3.63, 3.8) is 0 Å². The van der Waals surface area contributed by atoms with Gasteiger partial charge in [-0.25, -0.2) is 4.98 Å². The third kappa shape index (κ3) is 7.02. The summed E-state index contributed by atoms with van der Waals surface area (Å²) in [7, 11) is 1.75. The molecule has 2 aromatic rings. The maximum Gasteiger partial charge on any atom is 0.251 e. The van der Waals surface area contributed by atoms with Crippen LogP contribution in [0.15, 0.2) is 34.6 Å². The van der Waals surface area contributed by atoms with E-state index in [1.54, 1.807) is 18.4 Å². The second kappa shape index (κ2) is 10.7. The van der Waals surface area contributed by atoms with E-state index >= 15 is 0 Å². The average Bonchev–Trinajstić information content (AvgIpc) is 3.09. The molecule has 1 amide bonds. The van der Waals surface area contributed by atoms with Crippen molar-refractivity contribution in [2.45, 2.75) is 46.2 Å². The fourth-order valence-corrected chi connectivity index (χ4v) is 3.12. The molecule has 1 aromatic carbocycles. The van der Waals surface area contributed by atoms with E-state index in [0.29, 0.717) is 12.1 Å². The molecule has 3 N–H and O–H groups in total. The number of amides is 1. The number of hydrogen-bond acceptors (Lipinski definition) is 4. The lowest BCUT2D eigenvalue weighted by Crippen LogP contribution is -2.38. The lowest BCUT2D eigenvalue weighted by Gasteiger charge is -2.13. The second-order valence-electron chi connectivity index (χ2n) is 6.44. The van der Waals surface area contributed by atoms with Gasteiger partial charge in [-0.2, -0.15) is 0 Å². The number of aryl methyl sites for hydroxylation is 1. The molecule has 1 atom stereocenters. The molecule has 6 nitrogen and oxygen atoms in total. The highest BCUT2D eigenvalue weighted by molar-refractivity contribution is 7.09. The van der Waals surface area contributed by atoms with E-state index in [4.69, 9.17) is 0 Å². The van der Waals surface area contributed by atoms with Crippen LogP contribution in [0.5, 0.6) is 0 Å². The number of aromatic nitrogens is 1. The van der Waals surface area contributed by atoms with Crippen LogP contribution in [0.1, 0.15) is 46.9 Å². The van der Waals surface area contributed by atoms with Crippen LogP contribution in [-0.2, 0) is 13.0 Å². The number of guanidine groups is 1. The van der Waals surface area contributed by atoms with Crippen molar-refractivity contribution in [1.29, 1.82) is 0 Å². The van der Waals surface area contributed by atoms with Gasteiger partial charge in [0.1, 0.15) is 0 Å². The van der Waals surface area contributed by atoms with E-state index in [-0.39, 0.29) is 11.9 Å². The predicted octanol–water partition coefficient (Wildman–Crippen LogP) is 2.89. The van der Waals surface area contributed by atoms with Crippen LogP contribution in [0.4, 0.5) is 0 Å². The van der Waals surface area contributed by atoms with Gasteiger partial charge in [-0.1, -0.05) is 19.1 Å². The first kappa shape index (κ1) is 20.9. The van der Waals surface area contributed by atoms with Gasteiger partial charge < -0.3 is 16.0 Å². The molecule has 0 saturated heterocycles. The Morgan fingerprint density at radius 3 is 2.81 bits per heavy atom. The topological polar surface area (TPSA) is 78.4 Å². The highest BCUT2D eigenvalue weighted by Gasteiger charge is 2.09. The van der Waals surface area contributed by atoms with Crippen molar-refractivity contribution in [1.82, 2.24) is 20.9 Å². The Kier molecular flexibility index (Phi) is 8.26. The van der Waals surface area contributed by atoms with Gasteiger partial charge in [0.05, 0.1) is 10.7 Å². The van der Waals surface area contributed by atoms with Crippen LogP contribution in [0.3, 0.4) is 0 Å². The van der Waals surface area contributed by atoms with Gasteiger partial charge in [-0.3, -0.25) is 9.79 Å². The smallest absolute Gasteiger partial charge is 0.251 e. The number of carbonyl (C=O) groups excluding carboxylic acids is 1. The summed E-state index contributed by atoms with van der Waals surface area (Å²) in [5, 5.41) is 12.7. The number of hydrogen-bond donors (Lipinski definition) is 3. The van der Waals surface area contributed by atoms with Gasteiger partial charge >= 0.3 is 0 Å². The molecular weight excluding hydrogens is 358 g/mol. The van der Waals surface area contributed by atoms with E-state index in [2.05, 4.69) is 38.2 Å². The summed E-state index contributed by atoms with van der Waals surface area (Å²) in [5.74, 6) is 0.698. The Morgan fingerprint density at radius 1 is 1.33 bits per heavy atom. The molecule has 1 unspecified atom stereocenters. The zero-order chi connectivity index (χ0) is 19.6. The average molecular weight is 388 g/mol. The van der Waals surface area contributed by atoms with Crippen molar-refractivity contribution in [2.24, 2.45) is 4.99 Å². The van der Waals surface area contributed by atoms with Crippen LogP contribution in [-0.4, -0.2) is 36.5 Å². The molecule has 0 spiro atoms. The Labute approximate surface area is 165 Å². The van der Waals surface area contributed by atoms with Crippen molar-refractivity contribution in [3.05, 3.63) is 51.5 Å². The van der Waals surface area contributed by atoms with Crippen molar-refractivity contribution in [2.75, 3.05) is 13.6 Å². The van der Waals surface area contributed by atoms with Gasteiger partial charge in [0, 0.05) is 43.5 Å². The molecular formula is C20H29N5OS. The number of carbonyl (C=O) groups is 1. The molecule has 0 fully saturated rings. The predicted molar refractivity (Wildman–Crippen MR) is 112 cm³/mol. The van der Waals surface area contributed by atoms with E-state index in [1.807, 2.05) is 38.1 Å². The number of benzene rings is 1. The highest BCUT2D eigenvalue weighted by atomic mass is 32.1. The first-order chi connectivity index (χ1) is 13.0. The molecule has 146 valence electrons. The second-order valence-corrected chi connectivity index (χ2v) is 7.51. The van der Waals surface area contributed by atoms with Gasteiger partial charge in [0.15, 0.2) is 5.96 Å². The van der Waals surface area contributed by atoms with E-state index < -0.39 is 0 Å². The molecule has 0 radical (unpaired) electrons. The van der Waals surface area contributed by atoms with Crippen LogP contribution >= 0.6 is 11.3 Å². The molecule has 0 bridgehead atoms. The minimum absolute atomic E-state index is 0.0349. The number of aliphatic imine (C=N–C) groups is 1. The monoisotopic (exact) mass is 387 g/mol. The van der Waals surface area contributed by atoms with Gasteiger partial charge in [-0.15, -0.1) is 11.3 Å². The number of nitrogens with one attached hydrogen (secondary N) is 3. The van der Waals surface area contributed by atoms with Crippen LogP contribution in [0, 0.1) is 6.92 Å². The first-order valence-electron chi connectivity index (χ1n) is 9.27. The Balaban J connectivity index is 1.83. The molecule has 0 aliphatic rings. The molecule has 1 aromatic heterocycles. The van der Waals surface area contributed by atoms with E-state index in [1.165, 1.54) is 0 Å². The zero-order valence-corrected chi connectivity index (χ0v) is 17.3. The summed E-state index contributed by atoms with van der Waals surface area (Å²) >= 11 is 1.67. The summed E-state index contributed by atoms with van der Waals surface area (Å²) in [6, 6.07) is 7.82. The van der Waals surface area contributed by atoms with Gasteiger partial charge in [-0.05, 0) is 38.0 Å². The molecule has 0 aliphatic carbocycles. The maximum absolute atomic E-state index is 12.3. The molecule has 27 heavy (non-hydrogen) atoms. The minimum Gasteiger partial charge on any atom is -0.356 e. The summed E-state index contributed by atoms with van der Waals surface area (Å²) in [5.41, 5.74) is 2.81. The summed E-state index contributed by atoms with van der Waals surface area (Å²) < 4.78 is 0. The van der Waals surface area contributed by atoms with Crippen molar-refractivity contribution >= 4 is 23.2 Å². The highest BCUT2D eigenvalue weighted by Crippen LogP contribution is 2.08. The first-order valence-corrected chi connectivity index (χ1v) is 10.1. The lowest BCUT2D eigenvalue weighted by atomic mass is 10.1. The fourth-order valence-electron chi connectivity index (χ4n) is 2.47. The normalized spacial score (nSPS) is 12.5. The summed E-state index contributed by atoms with van der Waals surface area (Å²) in [6.45, 7) is 7.44. The standard InChI is InChI=1S/C20H29N5OS/c1-5-14(2)24-19(26)17-8-6-7-16(11-17)12-23-20(21-4)22-10-9-18-13-27-15(3)25-18/h6-8,11,13-14H,5,9-10,12H2,1-4H3,(H,24,26)(H2,21,22,23).